The van der Waals surface area contributed by atoms with Gasteiger partial charge in [0.25, 0.3) is 5.82 Å². The zero-order valence-electron chi connectivity index (χ0n) is 15.9. The van der Waals surface area contributed by atoms with E-state index in [-0.39, 0.29) is 0 Å². The van der Waals surface area contributed by atoms with Crippen molar-refractivity contribution in [3.05, 3.63) is 71.5 Å². The van der Waals surface area contributed by atoms with Crippen LogP contribution in [0.3, 0.4) is 0 Å². The van der Waals surface area contributed by atoms with Crippen molar-refractivity contribution >= 4 is 0 Å². The zero-order valence-corrected chi connectivity index (χ0v) is 15.9. The molecule has 1 heterocycles. The second-order valence-electron chi connectivity index (χ2n) is 6.84. The van der Waals surface area contributed by atoms with Gasteiger partial charge in [0, 0.05) is 0 Å². The van der Waals surface area contributed by atoms with Crippen molar-refractivity contribution in [1.82, 2.24) is 4.57 Å². The summed E-state index contributed by atoms with van der Waals surface area (Å²) >= 11 is 0. The summed E-state index contributed by atoms with van der Waals surface area (Å²) in [7, 11) is 2.14. The van der Waals surface area contributed by atoms with Crippen LogP contribution in [0.4, 0.5) is 0 Å². The minimum absolute atomic E-state index is 1.11. The molecule has 0 aliphatic rings. The molecule has 0 unspecified atom stereocenters. The number of aryl methyl sites for hydroxylation is 4. The fraction of sp³-hybridized carbons (Fsp3) is 0.348. The van der Waals surface area contributed by atoms with Crippen molar-refractivity contribution in [1.29, 1.82) is 0 Å². The summed E-state index contributed by atoms with van der Waals surface area (Å²) in [5.41, 5.74) is 6.87. The molecule has 0 radical (unpaired) electrons. The van der Waals surface area contributed by atoms with Crippen LogP contribution in [0.1, 0.15) is 43.4 Å². The van der Waals surface area contributed by atoms with Crippen LogP contribution in [0.5, 0.6) is 0 Å². The summed E-state index contributed by atoms with van der Waals surface area (Å²) in [4.78, 5) is 0. The molecule has 2 heteroatoms. The van der Waals surface area contributed by atoms with Crippen molar-refractivity contribution in [2.75, 3.05) is 0 Å². The predicted octanol–water partition coefficient (Wildman–Crippen LogP) is 5.18. The molecule has 0 aliphatic heterocycles. The quantitative estimate of drug-likeness (QED) is 0.549. The Hall–Kier alpha value is -2.35. The maximum Gasteiger partial charge on any atom is 0.294 e. The van der Waals surface area contributed by atoms with Gasteiger partial charge < -0.3 is 0 Å². The second-order valence-corrected chi connectivity index (χ2v) is 6.84. The third-order valence-corrected chi connectivity index (χ3v) is 4.87. The Labute approximate surface area is 151 Å². The van der Waals surface area contributed by atoms with Gasteiger partial charge in [-0.15, -0.1) is 0 Å². The minimum atomic E-state index is 1.11. The number of benzene rings is 2. The lowest BCUT2D eigenvalue weighted by atomic mass is 9.99. The van der Waals surface area contributed by atoms with Crippen LogP contribution in [0, 0.1) is 6.92 Å². The van der Waals surface area contributed by atoms with E-state index >= 15 is 0 Å². The Bertz CT molecular complexity index is 834. The first-order valence-corrected chi connectivity index (χ1v) is 9.41. The van der Waals surface area contributed by atoms with Crippen molar-refractivity contribution in [3.8, 4) is 17.1 Å². The summed E-state index contributed by atoms with van der Waals surface area (Å²) < 4.78 is 4.64. The third kappa shape index (κ3) is 3.39. The van der Waals surface area contributed by atoms with E-state index in [4.69, 9.17) is 0 Å². The first-order valence-electron chi connectivity index (χ1n) is 9.41. The molecule has 130 valence electrons. The molecule has 2 nitrogen and oxygen atoms in total. The van der Waals surface area contributed by atoms with Gasteiger partial charge in [-0.25, -0.2) is 4.57 Å². The Kier molecular flexibility index (Phi) is 5.37. The molecule has 0 amide bonds. The monoisotopic (exact) mass is 333 g/mol. The molecule has 0 saturated carbocycles. The van der Waals surface area contributed by atoms with E-state index in [2.05, 4.69) is 91.8 Å². The molecule has 0 saturated heterocycles. The standard InChI is InChI=1S/C23H29N2/c1-5-10-19-13-9-14-20(11-6-2)22(19)25-17-16-24(4)23(25)21-15-8-7-12-18(21)3/h7-9,12-17H,5-6,10-11H2,1-4H3/q+1. The van der Waals surface area contributed by atoms with Crippen LogP contribution in [0.2, 0.25) is 0 Å². The number of imidazole rings is 1. The summed E-state index contributed by atoms with van der Waals surface area (Å²) in [6, 6.07) is 15.5. The molecule has 3 aromatic rings. The van der Waals surface area contributed by atoms with Crippen LogP contribution in [-0.2, 0) is 19.9 Å². The van der Waals surface area contributed by atoms with E-state index in [0.29, 0.717) is 0 Å². The highest BCUT2D eigenvalue weighted by molar-refractivity contribution is 5.62. The summed E-state index contributed by atoms with van der Waals surface area (Å²) in [6.07, 6.45) is 8.94. The van der Waals surface area contributed by atoms with E-state index in [1.165, 1.54) is 33.8 Å². The van der Waals surface area contributed by atoms with Crippen molar-refractivity contribution in [2.24, 2.45) is 7.05 Å². The van der Waals surface area contributed by atoms with Crippen molar-refractivity contribution < 1.29 is 4.57 Å². The SMILES string of the molecule is CCCc1cccc(CCC)c1-n1cc[n+](C)c1-c1ccccc1C. The van der Waals surface area contributed by atoms with Crippen LogP contribution in [-0.4, -0.2) is 4.57 Å². The highest BCUT2D eigenvalue weighted by atomic mass is 15.1. The van der Waals surface area contributed by atoms with E-state index < -0.39 is 0 Å². The number of hydrogen-bond acceptors (Lipinski definition) is 0. The molecule has 0 aliphatic carbocycles. The van der Waals surface area contributed by atoms with Gasteiger partial charge in [-0.1, -0.05) is 63.1 Å². The minimum Gasteiger partial charge on any atom is -0.232 e. The molecule has 0 bridgehead atoms. The van der Waals surface area contributed by atoms with Gasteiger partial charge in [0.1, 0.15) is 18.1 Å². The topological polar surface area (TPSA) is 8.81 Å². The average molecular weight is 333 g/mol. The fourth-order valence-corrected chi connectivity index (χ4v) is 3.70. The normalized spacial score (nSPS) is 11.0. The highest BCUT2D eigenvalue weighted by Gasteiger charge is 2.24. The Morgan fingerprint density at radius 3 is 2.12 bits per heavy atom. The molecule has 0 fully saturated rings. The van der Waals surface area contributed by atoms with Gasteiger partial charge >= 0.3 is 0 Å². The number of nitrogens with zero attached hydrogens (tertiary/aromatic N) is 2. The van der Waals surface area contributed by atoms with Gasteiger partial charge in [-0.3, -0.25) is 0 Å². The lowest BCUT2D eigenvalue weighted by molar-refractivity contribution is -0.659. The van der Waals surface area contributed by atoms with E-state index in [1.807, 2.05) is 0 Å². The van der Waals surface area contributed by atoms with Crippen molar-refractivity contribution in [3.63, 3.8) is 0 Å². The van der Waals surface area contributed by atoms with Crippen LogP contribution in [0.25, 0.3) is 17.1 Å². The molecular formula is C23H29N2+. The lowest BCUT2D eigenvalue weighted by Crippen LogP contribution is -2.29. The van der Waals surface area contributed by atoms with Crippen LogP contribution < -0.4 is 4.57 Å². The first kappa shape index (κ1) is 17.5. The molecule has 2 aromatic carbocycles. The maximum atomic E-state index is 2.40. The molecule has 1 aromatic heterocycles. The van der Waals surface area contributed by atoms with Gasteiger partial charge in [-0.05, 0) is 42.5 Å². The molecule has 0 spiro atoms. The molecular weight excluding hydrogens is 304 g/mol. The van der Waals surface area contributed by atoms with Crippen LogP contribution >= 0.6 is 0 Å². The smallest absolute Gasteiger partial charge is 0.232 e. The van der Waals surface area contributed by atoms with Gasteiger partial charge in [0.05, 0.1) is 12.6 Å². The Balaban J connectivity index is 2.27. The van der Waals surface area contributed by atoms with E-state index in [9.17, 15) is 0 Å². The zero-order chi connectivity index (χ0) is 17.8. The molecule has 0 N–H and O–H groups in total. The lowest BCUT2D eigenvalue weighted by Gasteiger charge is -2.13. The average Bonchev–Trinajstić information content (AvgIpc) is 2.97. The van der Waals surface area contributed by atoms with Crippen molar-refractivity contribution in [2.45, 2.75) is 46.5 Å². The number of aromatic nitrogens is 2. The number of para-hydroxylation sites is 1. The molecule has 3 rings (SSSR count). The molecule has 0 atom stereocenters. The largest absolute Gasteiger partial charge is 0.294 e. The number of rotatable bonds is 6. The summed E-state index contributed by atoms with van der Waals surface area (Å²) in [6.45, 7) is 6.71. The second kappa shape index (κ2) is 7.69. The first-order chi connectivity index (χ1) is 12.2. The van der Waals surface area contributed by atoms with Crippen LogP contribution in [0.15, 0.2) is 54.9 Å². The predicted molar refractivity (Wildman–Crippen MR) is 105 cm³/mol. The third-order valence-electron chi connectivity index (χ3n) is 4.87. The maximum absolute atomic E-state index is 2.40. The highest BCUT2D eigenvalue weighted by Crippen LogP contribution is 2.28. The Morgan fingerprint density at radius 1 is 0.880 bits per heavy atom. The van der Waals surface area contributed by atoms with Gasteiger partial charge in [0.15, 0.2) is 0 Å². The Morgan fingerprint density at radius 2 is 1.52 bits per heavy atom. The summed E-state index contributed by atoms with van der Waals surface area (Å²) in [5, 5.41) is 0. The van der Waals surface area contributed by atoms with Gasteiger partial charge in [-0.2, -0.15) is 4.57 Å². The molecule has 25 heavy (non-hydrogen) atoms. The van der Waals surface area contributed by atoms with E-state index in [1.54, 1.807) is 0 Å². The van der Waals surface area contributed by atoms with Gasteiger partial charge in [0.2, 0.25) is 0 Å². The number of hydrogen-bond donors (Lipinski definition) is 0. The fourth-order valence-electron chi connectivity index (χ4n) is 3.70. The summed E-state index contributed by atoms with van der Waals surface area (Å²) in [5.74, 6) is 1.25. The van der Waals surface area contributed by atoms with E-state index in [0.717, 1.165) is 25.7 Å².